The fourth-order valence-corrected chi connectivity index (χ4v) is 2.84. The Kier molecular flexibility index (Phi) is 7.49. The Bertz CT molecular complexity index is 291. The van der Waals surface area contributed by atoms with Crippen molar-refractivity contribution in [3.63, 3.8) is 0 Å². The molecule has 0 atom stereocenters. The molecule has 1 rings (SSSR count). The first kappa shape index (κ1) is 14.3. The number of thiophene rings is 1. The van der Waals surface area contributed by atoms with E-state index in [2.05, 4.69) is 29.6 Å². The molecule has 16 heavy (non-hydrogen) atoms. The molecule has 1 aromatic rings. The van der Waals surface area contributed by atoms with Crippen molar-refractivity contribution in [2.24, 2.45) is 0 Å². The molecule has 0 saturated heterocycles. The van der Waals surface area contributed by atoms with Gasteiger partial charge in [-0.3, -0.25) is 0 Å². The van der Waals surface area contributed by atoms with Crippen molar-refractivity contribution in [1.82, 2.24) is 10.2 Å². The van der Waals surface area contributed by atoms with Crippen LogP contribution in [-0.2, 0) is 6.54 Å². The largest absolute Gasteiger partial charge is 0.311 e. The van der Waals surface area contributed by atoms with Crippen LogP contribution in [0.2, 0.25) is 4.34 Å². The zero-order valence-electron chi connectivity index (χ0n) is 9.83. The highest BCUT2D eigenvalue weighted by molar-refractivity contribution is 7.98. The minimum atomic E-state index is 0.869. The lowest BCUT2D eigenvalue weighted by molar-refractivity contribution is 0.352. The Hall–Kier alpha value is 0.260. The van der Waals surface area contributed by atoms with Crippen LogP contribution in [0.25, 0.3) is 0 Å². The van der Waals surface area contributed by atoms with E-state index in [1.165, 1.54) is 10.6 Å². The number of halogens is 1. The summed E-state index contributed by atoms with van der Waals surface area (Å²) >= 11 is 9.40. The Morgan fingerprint density at radius 3 is 2.88 bits per heavy atom. The highest BCUT2D eigenvalue weighted by atomic mass is 35.5. The van der Waals surface area contributed by atoms with Crippen LogP contribution in [0.1, 0.15) is 4.88 Å². The van der Waals surface area contributed by atoms with Crippen LogP contribution in [0.15, 0.2) is 12.1 Å². The van der Waals surface area contributed by atoms with Gasteiger partial charge in [0.15, 0.2) is 0 Å². The van der Waals surface area contributed by atoms with E-state index >= 15 is 0 Å². The average molecular weight is 279 g/mol. The third-order valence-electron chi connectivity index (χ3n) is 2.28. The molecule has 0 amide bonds. The fraction of sp³-hybridized carbons (Fsp3) is 0.636. The second kappa shape index (κ2) is 8.37. The van der Waals surface area contributed by atoms with Gasteiger partial charge in [0.25, 0.3) is 0 Å². The molecule has 0 aromatic carbocycles. The van der Waals surface area contributed by atoms with Crippen LogP contribution in [0.5, 0.6) is 0 Å². The molecule has 1 heterocycles. The van der Waals surface area contributed by atoms with Gasteiger partial charge in [0, 0.05) is 36.8 Å². The zero-order valence-corrected chi connectivity index (χ0v) is 12.2. The van der Waals surface area contributed by atoms with Crippen molar-refractivity contribution in [2.75, 3.05) is 38.7 Å². The third kappa shape index (κ3) is 6.11. The van der Waals surface area contributed by atoms with Crippen LogP contribution >= 0.6 is 34.7 Å². The molecule has 0 unspecified atom stereocenters. The van der Waals surface area contributed by atoms with Crippen molar-refractivity contribution < 1.29 is 0 Å². The van der Waals surface area contributed by atoms with Crippen molar-refractivity contribution >= 4 is 34.7 Å². The van der Waals surface area contributed by atoms with Gasteiger partial charge in [0.1, 0.15) is 0 Å². The number of nitrogens with zero attached hydrogens (tertiary/aromatic N) is 1. The van der Waals surface area contributed by atoms with E-state index in [0.29, 0.717) is 0 Å². The second-order valence-corrected chi connectivity index (χ2v) is 6.46. The van der Waals surface area contributed by atoms with E-state index in [-0.39, 0.29) is 0 Å². The first-order valence-corrected chi connectivity index (χ1v) is 7.93. The lowest BCUT2D eigenvalue weighted by Gasteiger charge is -2.15. The Morgan fingerprint density at radius 1 is 1.44 bits per heavy atom. The van der Waals surface area contributed by atoms with E-state index in [0.717, 1.165) is 30.5 Å². The van der Waals surface area contributed by atoms with Gasteiger partial charge in [-0.1, -0.05) is 11.6 Å². The maximum absolute atomic E-state index is 5.86. The quantitative estimate of drug-likeness (QED) is 0.736. The molecule has 0 aliphatic carbocycles. The van der Waals surface area contributed by atoms with Crippen LogP contribution in [0.4, 0.5) is 0 Å². The second-order valence-electron chi connectivity index (χ2n) is 3.68. The van der Waals surface area contributed by atoms with E-state index in [1.54, 1.807) is 11.3 Å². The number of rotatable bonds is 8. The minimum absolute atomic E-state index is 0.869. The molecule has 1 aromatic heterocycles. The summed E-state index contributed by atoms with van der Waals surface area (Å²) in [5.74, 6) is 1.21. The van der Waals surface area contributed by atoms with Gasteiger partial charge in [-0.05, 0) is 25.4 Å². The van der Waals surface area contributed by atoms with E-state index < -0.39 is 0 Å². The fourth-order valence-electron chi connectivity index (χ4n) is 1.29. The molecular formula is C11H19ClN2S2. The molecule has 0 radical (unpaired) electrons. The van der Waals surface area contributed by atoms with Gasteiger partial charge in [-0.25, -0.2) is 0 Å². The molecule has 0 saturated carbocycles. The van der Waals surface area contributed by atoms with Gasteiger partial charge in [0.2, 0.25) is 0 Å². The molecule has 0 fully saturated rings. The summed E-state index contributed by atoms with van der Waals surface area (Å²) in [5, 5.41) is 3.43. The first-order valence-electron chi connectivity index (χ1n) is 5.35. The SMILES string of the molecule is CSCCN(C)CCNCc1ccc(Cl)s1. The van der Waals surface area contributed by atoms with Crippen molar-refractivity contribution in [3.05, 3.63) is 21.3 Å². The van der Waals surface area contributed by atoms with Gasteiger partial charge < -0.3 is 10.2 Å². The maximum Gasteiger partial charge on any atom is 0.0931 e. The van der Waals surface area contributed by atoms with E-state index in [1.807, 2.05) is 17.8 Å². The normalized spacial score (nSPS) is 11.2. The predicted molar refractivity (Wildman–Crippen MR) is 76.9 cm³/mol. The highest BCUT2D eigenvalue weighted by Crippen LogP contribution is 2.20. The lowest BCUT2D eigenvalue weighted by Crippen LogP contribution is -2.30. The van der Waals surface area contributed by atoms with Gasteiger partial charge in [-0.2, -0.15) is 11.8 Å². The molecule has 2 nitrogen and oxygen atoms in total. The molecule has 0 aliphatic heterocycles. The number of likely N-dealkylation sites (N-methyl/N-ethyl adjacent to an activating group) is 1. The summed E-state index contributed by atoms with van der Waals surface area (Å²) in [7, 11) is 2.17. The van der Waals surface area contributed by atoms with Crippen LogP contribution in [-0.4, -0.2) is 43.6 Å². The molecule has 0 aliphatic rings. The maximum atomic E-state index is 5.86. The zero-order chi connectivity index (χ0) is 11.8. The van der Waals surface area contributed by atoms with Crippen molar-refractivity contribution in [1.29, 1.82) is 0 Å². The number of nitrogens with one attached hydrogen (secondary N) is 1. The highest BCUT2D eigenvalue weighted by Gasteiger charge is 1.99. The van der Waals surface area contributed by atoms with Crippen molar-refractivity contribution in [3.8, 4) is 0 Å². The van der Waals surface area contributed by atoms with Crippen molar-refractivity contribution in [2.45, 2.75) is 6.54 Å². The monoisotopic (exact) mass is 278 g/mol. The summed E-state index contributed by atoms with van der Waals surface area (Å²) in [5.41, 5.74) is 0. The third-order valence-corrected chi connectivity index (χ3v) is 4.10. The molecule has 5 heteroatoms. The molecular weight excluding hydrogens is 260 g/mol. The summed E-state index contributed by atoms with van der Waals surface area (Å²) < 4.78 is 0.869. The number of thioether (sulfide) groups is 1. The molecule has 1 N–H and O–H groups in total. The Morgan fingerprint density at radius 2 is 2.25 bits per heavy atom. The van der Waals surface area contributed by atoms with Crippen LogP contribution in [0.3, 0.4) is 0 Å². The summed E-state index contributed by atoms with van der Waals surface area (Å²) in [6.07, 6.45) is 2.15. The summed E-state index contributed by atoms with van der Waals surface area (Å²) in [6.45, 7) is 4.21. The molecule has 92 valence electrons. The predicted octanol–water partition coefficient (Wildman–Crippen LogP) is 2.79. The van der Waals surface area contributed by atoms with Crippen LogP contribution in [0, 0.1) is 0 Å². The van der Waals surface area contributed by atoms with Gasteiger partial charge >= 0.3 is 0 Å². The smallest absolute Gasteiger partial charge is 0.0931 e. The lowest BCUT2D eigenvalue weighted by atomic mass is 10.4. The number of hydrogen-bond donors (Lipinski definition) is 1. The first-order chi connectivity index (χ1) is 7.72. The summed E-state index contributed by atoms with van der Waals surface area (Å²) in [6, 6.07) is 4.03. The van der Waals surface area contributed by atoms with Gasteiger partial charge in [-0.15, -0.1) is 11.3 Å². The van der Waals surface area contributed by atoms with Crippen LogP contribution < -0.4 is 5.32 Å². The topological polar surface area (TPSA) is 15.3 Å². The number of hydrogen-bond acceptors (Lipinski definition) is 4. The van der Waals surface area contributed by atoms with E-state index in [4.69, 9.17) is 11.6 Å². The van der Waals surface area contributed by atoms with E-state index in [9.17, 15) is 0 Å². The van der Waals surface area contributed by atoms with Gasteiger partial charge in [0.05, 0.1) is 4.34 Å². The Labute approximate surface area is 111 Å². The summed E-state index contributed by atoms with van der Waals surface area (Å²) in [4.78, 5) is 3.65. The Balaban J connectivity index is 2.03. The molecule has 0 spiro atoms. The minimum Gasteiger partial charge on any atom is -0.311 e. The molecule has 0 bridgehead atoms. The average Bonchev–Trinajstić information content (AvgIpc) is 2.67. The standard InChI is InChI=1S/C11H19ClN2S2/c1-14(7-8-15-2)6-5-13-9-10-3-4-11(12)16-10/h3-4,13H,5-9H2,1-2H3.